The normalized spacial score (nSPS) is 18.6. The van der Waals surface area contributed by atoms with Crippen LogP contribution < -0.4 is 10.1 Å². The minimum Gasteiger partial charge on any atom is -0.496 e. The molecule has 1 aromatic rings. The molecule has 1 atom stereocenters. The van der Waals surface area contributed by atoms with E-state index in [1.165, 1.54) is 5.56 Å². The van der Waals surface area contributed by atoms with Gasteiger partial charge in [-0.25, -0.2) is 0 Å². The van der Waals surface area contributed by atoms with E-state index < -0.39 is 0 Å². The first-order valence-electron chi connectivity index (χ1n) is 6.54. The molecule has 100 valence electrons. The van der Waals surface area contributed by atoms with Crippen LogP contribution in [0.3, 0.4) is 0 Å². The number of nitrogens with one attached hydrogen (secondary N) is 1. The molecule has 0 radical (unpaired) electrons. The first kappa shape index (κ1) is 13.8. The lowest BCUT2D eigenvalue weighted by Crippen LogP contribution is -2.45. The van der Waals surface area contributed by atoms with Gasteiger partial charge in [0.2, 0.25) is 0 Å². The van der Waals surface area contributed by atoms with Crippen LogP contribution in [0.1, 0.15) is 24.9 Å². The number of rotatable bonds is 4. The fourth-order valence-electron chi connectivity index (χ4n) is 2.59. The molecule has 1 unspecified atom stereocenters. The molecular formula is C14H21BrN2O. The van der Waals surface area contributed by atoms with Crippen molar-refractivity contribution in [1.82, 2.24) is 10.2 Å². The summed E-state index contributed by atoms with van der Waals surface area (Å²) in [5, 5.41) is 3.40. The molecule has 0 aromatic heterocycles. The monoisotopic (exact) mass is 312 g/mol. The molecule has 1 aliphatic rings. The summed E-state index contributed by atoms with van der Waals surface area (Å²) in [7, 11) is 1.70. The molecule has 0 saturated carbocycles. The van der Waals surface area contributed by atoms with Crippen molar-refractivity contribution in [3.05, 3.63) is 28.2 Å². The number of benzene rings is 1. The Labute approximate surface area is 118 Å². The minimum absolute atomic E-state index is 0.509. The highest BCUT2D eigenvalue weighted by Gasteiger charge is 2.21. The molecule has 1 aliphatic heterocycles. The first-order chi connectivity index (χ1) is 8.76. The maximum absolute atomic E-state index is 5.29. The molecule has 1 heterocycles. The Morgan fingerprint density at radius 1 is 1.39 bits per heavy atom. The van der Waals surface area contributed by atoms with Gasteiger partial charge in [0.05, 0.1) is 11.6 Å². The highest BCUT2D eigenvalue weighted by molar-refractivity contribution is 9.10. The zero-order valence-corrected chi connectivity index (χ0v) is 12.7. The highest BCUT2D eigenvalue weighted by atomic mass is 79.9. The second-order valence-corrected chi connectivity index (χ2v) is 5.46. The Hall–Kier alpha value is -0.580. The topological polar surface area (TPSA) is 24.5 Å². The Morgan fingerprint density at radius 2 is 2.11 bits per heavy atom. The largest absolute Gasteiger partial charge is 0.496 e. The number of halogens is 1. The molecule has 2 rings (SSSR count). The first-order valence-corrected chi connectivity index (χ1v) is 7.33. The molecule has 18 heavy (non-hydrogen) atoms. The van der Waals surface area contributed by atoms with Crippen LogP contribution in [-0.2, 0) is 0 Å². The van der Waals surface area contributed by atoms with E-state index in [9.17, 15) is 0 Å². The lowest BCUT2D eigenvalue weighted by Gasteiger charge is -2.34. The highest BCUT2D eigenvalue weighted by Crippen LogP contribution is 2.31. The maximum atomic E-state index is 5.29. The summed E-state index contributed by atoms with van der Waals surface area (Å²) in [5.41, 5.74) is 1.37. The summed E-state index contributed by atoms with van der Waals surface area (Å²) in [6.45, 7) is 6.69. The van der Waals surface area contributed by atoms with E-state index in [0.717, 1.165) is 42.8 Å². The molecule has 1 fully saturated rings. The molecule has 3 nitrogen and oxygen atoms in total. The van der Waals surface area contributed by atoms with Gasteiger partial charge in [0, 0.05) is 32.2 Å². The molecule has 1 N–H and O–H groups in total. The van der Waals surface area contributed by atoms with Crippen LogP contribution in [0.2, 0.25) is 0 Å². The standard InChI is InChI=1S/C14H21BrN2O/c1-3-13(17-8-6-16-7-9-17)11-4-5-14(18-2)12(15)10-11/h4-5,10,13,16H,3,6-9H2,1-2H3. The van der Waals surface area contributed by atoms with Gasteiger partial charge in [-0.05, 0) is 40.0 Å². The summed E-state index contributed by atoms with van der Waals surface area (Å²) in [5.74, 6) is 0.897. The predicted molar refractivity (Wildman–Crippen MR) is 78.2 cm³/mol. The molecule has 0 spiro atoms. The Bertz CT molecular complexity index is 391. The van der Waals surface area contributed by atoms with Crippen LogP contribution in [0.25, 0.3) is 0 Å². The second kappa shape index (κ2) is 6.55. The molecule has 4 heteroatoms. The average molecular weight is 313 g/mol. The number of ether oxygens (including phenoxy) is 1. The van der Waals surface area contributed by atoms with Crippen molar-refractivity contribution in [1.29, 1.82) is 0 Å². The molecular weight excluding hydrogens is 292 g/mol. The minimum atomic E-state index is 0.509. The van der Waals surface area contributed by atoms with Crippen LogP contribution in [0.15, 0.2) is 22.7 Å². The zero-order valence-electron chi connectivity index (χ0n) is 11.1. The van der Waals surface area contributed by atoms with Gasteiger partial charge in [-0.15, -0.1) is 0 Å². The van der Waals surface area contributed by atoms with E-state index in [4.69, 9.17) is 4.74 Å². The third-order valence-electron chi connectivity index (χ3n) is 3.54. The number of piperazine rings is 1. The van der Waals surface area contributed by atoms with E-state index >= 15 is 0 Å². The molecule has 0 bridgehead atoms. The summed E-state index contributed by atoms with van der Waals surface area (Å²) in [6.07, 6.45) is 1.14. The third kappa shape index (κ3) is 3.05. The van der Waals surface area contributed by atoms with E-state index in [-0.39, 0.29) is 0 Å². The molecule has 1 aromatic carbocycles. The predicted octanol–water partition coefficient (Wildman–Crippen LogP) is 2.81. The van der Waals surface area contributed by atoms with Crippen LogP contribution >= 0.6 is 15.9 Å². The molecule has 1 saturated heterocycles. The van der Waals surface area contributed by atoms with Crippen molar-refractivity contribution in [2.75, 3.05) is 33.3 Å². The SMILES string of the molecule is CCC(c1ccc(OC)c(Br)c1)N1CCNCC1. The van der Waals surface area contributed by atoms with Crippen molar-refractivity contribution in [3.63, 3.8) is 0 Å². The van der Waals surface area contributed by atoms with Gasteiger partial charge in [0.25, 0.3) is 0 Å². The number of nitrogens with zero attached hydrogens (tertiary/aromatic N) is 1. The van der Waals surface area contributed by atoms with E-state index in [0.29, 0.717) is 6.04 Å². The van der Waals surface area contributed by atoms with Gasteiger partial charge in [0.15, 0.2) is 0 Å². The fraction of sp³-hybridized carbons (Fsp3) is 0.571. The summed E-state index contributed by atoms with van der Waals surface area (Å²) in [4.78, 5) is 2.56. The zero-order chi connectivity index (χ0) is 13.0. The number of hydrogen-bond donors (Lipinski definition) is 1. The number of methoxy groups -OCH3 is 1. The van der Waals surface area contributed by atoms with Gasteiger partial charge in [-0.1, -0.05) is 13.0 Å². The van der Waals surface area contributed by atoms with Gasteiger partial charge in [-0.2, -0.15) is 0 Å². The van der Waals surface area contributed by atoms with Crippen molar-refractivity contribution >= 4 is 15.9 Å². The quantitative estimate of drug-likeness (QED) is 0.925. The van der Waals surface area contributed by atoms with Gasteiger partial charge in [-0.3, -0.25) is 4.90 Å². The Kier molecular flexibility index (Phi) is 5.03. The van der Waals surface area contributed by atoms with Crippen LogP contribution in [0.5, 0.6) is 5.75 Å². The molecule has 0 amide bonds. The van der Waals surface area contributed by atoms with E-state index in [1.807, 2.05) is 6.07 Å². The second-order valence-electron chi connectivity index (χ2n) is 4.60. The van der Waals surface area contributed by atoms with Crippen LogP contribution in [-0.4, -0.2) is 38.2 Å². The smallest absolute Gasteiger partial charge is 0.133 e. The lowest BCUT2D eigenvalue weighted by molar-refractivity contribution is 0.169. The summed E-state index contributed by atoms with van der Waals surface area (Å²) in [6, 6.07) is 6.92. The fourth-order valence-corrected chi connectivity index (χ4v) is 3.15. The van der Waals surface area contributed by atoms with Crippen molar-refractivity contribution in [2.24, 2.45) is 0 Å². The maximum Gasteiger partial charge on any atom is 0.133 e. The van der Waals surface area contributed by atoms with Crippen molar-refractivity contribution in [2.45, 2.75) is 19.4 Å². The Morgan fingerprint density at radius 3 is 2.67 bits per heavy atom. The lowest BCUT2D eigenvalue weighted by atomic mass is 10.0. The van der Waals surface area contributed by atoms with E-state index in [2.05, 4.69) is 45.2 Å². The summed E-state index contributed by atoms with van der Waals surface area (Å²) >= 11 is 3.57. The van der Waals surface area contributed by atoms with Crippen molar-refractivity contribution < 1.29 is 4.74 Å². The van der Waals surface area contributed by atoms with E-state index in [1.54, 1.807) is 7.11 Å². The van der Waals surface area contributed by atoms with Gasteiger partial charge in [0.1, 0.15) is 5.75 Å². The number of hydrogen-bond acceptors (Lipinski definition) is 3. The average Bonchev–Trinajstić information content (AvgIpc) is 2.41. The Balaban J connectivity index is 2.18. The third-order valence-corrected chi connectivity index (χ3v) is 4.16. The summed E-state index contributed by atoms with van der Waals surface area (Å²) < 4.78 is 6.33. The van der Waals surface area contributed by atoms with Gasteiger partial charge < -0.3 is 10.1 Å². The van der Waals surface area contributed by atoms with Crippen LogP contribution in [0.4, 0.5) is 0 Å². The van der Waals surface area contributed by atoms with Crippen molar-refractivity contribution in [3.8, 4) is 5.75 Å². The van der Waals surface area contributed by atoms with Crippen LogP contribution in [0, 0.1) is 0 Å². The van der Waals surface area contributed by atoms with Gasteiger partial charge >= 0.3 is 0 Å². The molecule has 0 aliphatic carbocycles.